The second-order valence-corrected chi connectivity index (χ2v) is 16.7. The fourth-order valence-corrected chi connectivity index (χ4v) is 8.74. The van der Waals surface area contributed by atoms with E-state index in [-0.39, 0.29) is 0 Å². The third-order valence-electron chi connectivity index (χ3n) is 12.0. The summed E-state index contributed by atoms with van der Waals surface area (Å²) in [5, 5.41) is 6.07. The number of rotatable bonds is 9. The summed E-state index contributed by atoms with van der Waals surface area (Å²) in [4.78, 5) is 47.0. The van der Waals surface area contributed by atoms with Crippen molar-refractivity contribution < 1.29 is 19.1 Å². The van der Waals surface area contributed by atoms with Gasteiger partial charge < -0.3 is 19.3 Å². The summed E-state index contributed by atoms with van der Waals surface area (Å²) in [6, 6.07) is 14.1. The number of hydrogen-bond donors (Lipinski definition) is 2. The van der Waals surface area contributed by atoms with Crippen molar-refractivity contribution in [3.8, 4) is 0 Å². The highest BCUT2D eigenvalue weighted by Crippen LogP contribution is 2.39. The minimum absolute atomic E-state index is 0.351. The molecule has 4 aromatic rings. The van der Waals surface area contributed by atoms with Crippen LogP contribution < -0.4 is 20.4 Å². The Hall–Kier alpha value is -5.23. The van der Waals surface area contributed by atoms with E-state index in [9.17, 15) is 9.59 Å². The molecule has 2 amide bonds. The van der Waals surface area contributed by atoms with Crippen LogP contribution in [-0.4, -0.2) is 51.8 Å². The molecule has 13 heteroatoms. The Kier molecular flexibility index (Phi) is 14.0. The Morgan fingerprint density at radius 3 is 2.34 bits per heavy atom. The minimum Gasteiger partial charge on any atom is -0.449 e. The number of benzene rings is 1. The molecule has 5 heterocycles. The molecule has 1 aromatic carbocycles. The maximum Gasteiger partial charge on any atom is 0.416 e. The number of halogens is 1. The summed E-state index contributed by atoms with van der Waals surface area (Å²) in [6.07, 6.45) is 18.3. The molecule has 12 nitrogen and oxygen atoms in total. The van der Waals surface area contributed by atoms with Crippen LogP contribution in [0, 0.1) is 32.6 Å². The SMILES string of the molecule is Cc1ccc2c(c1)CCCN2c1ncc(NC(=O)OCCC2CCCC2)c(C)n1.Cc1nc(N2CCC(C)c3nc(Cl)ccc32)ccc1NC(=O)O/C=C/C1CCCC1. The van der Waals surface area contributed by atoms with Crippen LogP contribution in [0.1, 0.15) is 112 Å². The molecular formula is C46H57ClN8O4. The lowest BCUT2D eigenvalue weighted by Gasteiger charge is -2.33. The molecule has 312 valence electrons. The second-order valence-electron chi connectivity index (χ2n) is 16.3. The molecule has 2 aliphatic carbocycles. The average molecular weight is 821 g/mol. The predicted molar refractivity (Wildman–Crippen MR) is 234 cm³/mol. The van der Waals surface area contributed by atoms with Crippen LogP contribution in [0.25, 0.3) is 0 Å². The van der Waals surface area contributed by atoms with Gasteiger partial charge in [0.1, 0.15) is 11.0 Å². The molecule has 4 aliphatic rings. The van der Waals surface area contributed by atoms with Gasteiger partial charge in [0.15, 0.2) is 0 Å². The van der Waals surface area contributed by atoms with Gasteiger partial charge in [-0.05, 0) is 113 Å². The van der Waals surface area contributed by atoms with Gasteiger partial charge >= 0.3 is 12.2 Å². The molecule has 0 spiro atoms. The van der Waals surface area contributed by atoms with Crippen LogP contribution in [0.3, 0.4) is 0 Å². The Bertz CT molecular complexity index is 2130. The summed E-state index contributed by atoms with van der Waals surface area (Å²) < 4.78 is 10.5. The van der Waals surface area contributed by atoms with Crippen LogP contribution in [0.4, 0.5) is 44.1 Å². The lowest BCUT2D eigenvalue weighted by molar-refractivity contribution is 0.153. The van der Waals surface area contributed by atoms with E-state index >= 15 is 0 Å². The first kappa shape index (κ1) is 41.9. The van der Waals surface area contributed by atoms with Crippen molar-refractivity contribution in [2.24, 2.45) is 11.8 Å². The van der Waals surface area contributed by atoms with Crippen molar-refractivity contribution in [1.29, 1.82) is 0 Å². The highest BCUT2D eigenvalue weighted by Gasteiger charge is 2.26. The average Bonchev–Trinajstić information content (AvgIpc) is 3.95. The van der Waals surface area contributed by atoms with Gasteiger partial charge in [-0.2, -0.15) is 0 Å². The van der Waals surface area contributed by atoms with E-state index in [4.69, 9.17) is 26.1 Å². The number of amides is 2. The third kappa shape index (κ3) is 10.9. The largest absolute Gasteiger partial charge is 0.449 e. The minimum atomic E-state index is -0.502. The number of aromatic nitrogens is 4. The van der Waals surface area contributed by atoms with E-state index in [1.165, 1.54) is 74.4 Å². The van der Waals surface area contributed by atoms with Crippen molar-refractivity contribution >= 4 is 58.3 Å². The molecule has 0 saturated heterocycles. The molecule has 0 radical (unpaired) electrons. The summed E-state index contributed by atoms with van der Waals surface area (Å²) in [5.74, 6) is 3.09. The van der Waals surface area contributed by atoms with Gasteiger partial charge in [-0.3, -0.25) is 10.6 Å². The van der Waals surface area contributed by atoms with Gasteiger partial charge in [-0.15, -0.1) is 0 Å². The van der Waals surface area contributed by atoms with Crippen molar-refractivity contribution in [3.05, 3.63) is 94.4 Å². The van der Waals surface area contributed by atoms with Gasteiger partial charge in [0.2, 0.25) is 5.95 Å². The molecule has 1 atom stereocenters. The van der Waals surface area contributed by atoms with Crippen LogP contribution in [0.2, 0.25) is 5.15 Å². The molecule has 2 saturated carbocycles. The zero-order valence-electron chi connectivity index (χ0n) is 34.8. The van der Waals surface area contributed by atoms with E-state index in [0.29, 0.717) is 46.8 Å². The highest BCUT2D eigenvalue weighted by molar-refractivity contribution is 6.29. The number of allylic oxidation sites excluding steroid dienone is 1. The molecule has 2 fully saturated rings. The maximum absolute atomic E-state index is 12.1. The van der Waals surface area contributed by atoms with Crippen LogP contribution in [0.5, 0.6) is 0 Å². The molecule has 3 aromatic heterocycles. The van der Waals surface area contributed by atoms with Gasteiger partial charge in [0.25, 0.3) is 0 Å². The second kappa shape index (κ2) is 19.7. The molecule has 1 unspecified atom stereocenters. The number of carbonyl (C=O) groups excluding carboxylic acids is 2. The number of nitrogens with zero attached hydrogens (tertiary/aromatic N) is 6. The summed E-state index contributed by atoms with van der Waals surface area (Å²) in [5.41, 5.74) is 8.51. The first-order valence-corrected chi connectivity index (χ1v) is 21.7. The molecule has 59 heavy (non-hydrogen) atoms. The number of anilines is 6. The van der Waals surface area contributed by atoms with E-state index in [2.05, 4.69) is 67.4 Å². The molecule has 2 aliphatic heterocycles. The van der Waals surface area contributed by atoms with Crippen molar-refractivity contribution in [1.82, 2.24) is 19.9 Å². The lowest BCUT2D eigenvalue weighted by atomic mass is 9.96. The third-order valence-corrected chi connectivity index (χ3v) is 12.2. The summed E-state index contributed by atoms with van der Waals surface area (Å²) in [7, 11) is 0. The van der Waals surface area contributed by atoms with E-state index in [1.807, 2.05) is 44.2 Å². The van der Waals surface area contributed by atoms with Crippen molar-refractivity contribution in [3.63, 3.8) is 0 Å². The number of hydrogen-bond acceptors (Lipinski definition) is 10. The van der Waals surface area contributed by atoms with Crippen LogP contribution in [-0.2, 0) is 15.9 Å². The Balaban J connectivity index is 0.000000179. The Morgan fingerprint density at radius 2 is 1.56 bits per heavy atom. The predicted octanol–water partition coefficient (Wildman–Crippen LogP) is 11.6. The fraction of sp³-hybridized carbons (Fsp3) is 0.478. The molecule has 8 rings (SSSR count). The highest BCUT2D eigenvalue weighted by atomic mass is 35.5. The van der Waals surface area contributed by atoms with Crippen molar-refractivity contribution in [2.75, 3.05) is 40.1 Å². The van der Waals surface area contributed by atoms with E-state index in [0.717, 1.165) is 67.4 Å². The zero-order chi connectivity index (χ0) is 41.3. The van der Waals surface area contributed by atoms with E-state index < -0.39 is 12.2 Å². The maximum atomic E-state index is 12.1. The zero-order valence-corrected chi connectivity index (χ0v) is 35.6. The number of nitrogens with one attached hydrogen (secondary N) is 2. The molecule has 0 bridgehead atoms. The number of fused-ring (bicyclic) bond motifs is 2. The topological polar surface area (TPSA) is 135 Å². The first-order chi connectivity index (χ1) is 28.6. The van der Waals surface area contributed by atoms with Crippen molar-refractivity contribution in [2.45, 2.75) is 111 Å². The van der Waals surface area contributed by atoms with Gasteiger partial charge in [0.05, 0.1) is 53.2 Å². The lowest BCUT2D eigenvalue weighted by Crippen LogP contribution is -2.28. The first-order valence-electron chi connectivity index (χ1n) is 21.3. The quantitative estimate of drug-likeness (QED) is 0.124. The normalized spacial score (nSPS) is 17.9. The number of aryl methyl sites for hydroxylation is 4. The summed E-state index contributed by atoms with van der Waals surface area (Å²) >= 11 is 6.10. The van der Waals surface area contributed by atoms with Gasteiger partial charge in [-0.25, -0.2) is 29.5 Å². The van der Waals surface area contributed by atoms with Crippen LogP contribution in [0.15, 0.2) is 61.0 Å². The summed E-state index contributed by atoms with van der Waals surface area (Å²) in [6.45, 7) is 10.3. The van der Waals surface area contributed by atoms with Crippen LogP contribution >= 0.6 is 11.6 Å². The molecular weight excluding hydrogens is 764 g/mol. The fourth-order valence-electron chi connectivity index (χ4n) is 8.59. The van der Waals surface area contributed by atoms with Gasteiger partial charge in [0, 0.05) is 24.7 Å². The monoisotopic (exact) mass is 820 g/mol. The molecule has 2 N–H and O–H groups in total. The van der Waals surface area contributed by atoms with Gasteiger partial charge in [-0.1, -0.05) is 74.7 Å². The standard InChI is InChI=1S/C23H27ClN4O2.C23H30N4O2/c1-15-11-13-28(19-8-9-20(24)27-22(15)19)21-10-7-18(16(2)25-21)26-23(29)30-14-12-17-5-3-4-6-17;1-16-9-10-21-19(14-16)8-5-12-27(21)22-24-15-20(17(2)25-22)26-23(28)29-13-11-18-6-3-4-7-18/h7-10,12,14-15,17H,3-6,11,13H2,1-2H3,(H,26,29);9-10,14-15,18H,3-8,11-13H2,1-2H3,(H,26,28)/b14-12+;. The Labute approximate surface area is 353 Å². The Morgan fingerprint density at radius 1 is 0.814 bits per heavy atom. The number of ether oxygens (including phenoxy) is 2. The number of carbonyl (C=O) groups is 2. The number of pyridine rings is 2. The van der Waals surface area contributed by atoms with E-state index in [1.54, 1.807) is 6.20 Å². The smallest absolute Gasteiger partial charge is 0.416 e.